The lowest BCUT2D eigenvalue weighted by Gasteiger charge is -2.23. The minimum atomic E-state index is -3.81. The molecular weight excluding hydrogens is 433 g/mol. The Bertz CT molecular complexity index is 1050. The molecule has 3 aromatic carbocycles. The molecule has 0 unspecified atom stereocenters. The zero-order valence-electron chi connectivity index (χ0n) is 20.2. The van der Waals surface area contributed by atoms with Gasteiger partial charge >= 0.3 is 7.75 Å². The van der Waals surface area contributed by atoms with Crippen molar-refractivity contribution in [1.29, 1.82) is 0 Å². The molecule has 0 spiro atoms. The van der Waals surface area contributed by atoms with Gasteiger partial charge in [-0.2, -0.15) is 0 Å². The molecule has 0 aliphatic rings. The maximum atomic E-state index is 14.0. The normalized spacial score (nSPS) is 11.2. The van der Waals surface area contributed by atoms with Gasteiger partial charge in [-0.25, -0.2) is 4.57 Å². The van der Waals surface area contributed by atoms with E-state index in [1.807, 2.05) is 76.2 Å². The van der Waals surface area contributed by atoms with Crippen LogP contribution in [-0.2, 0) is 4.57 Å². The number of ether oxygens (including phenoxy) is 1. The zero-order chi connectivity index (χ0) is 23.8. The second-order valence-electron chi connectivity index (χ2n) is 8.27. The van der Waals surface area contributed by atoms with Crippen LogP contribution in [0.5, 0.6) is 17.2 Å². The number of aryl methyl sites for hydroxylation is 2. The van der Waals surface area contributed by atoms with Crippen LogP contribution in [0.4, 0.5) is 5.69 Å². The Morgan fingerprint density at radius 3 is 1.82 bits per heavy atom. The van der Waals surface area contributed by atoms with Crippen LogP contribution in [-0.4, -0.2) is 6.61 Å². The van der Waals surface area contributed by atoms with Gasteiger partial charge < -0.3 is 13.8 Å². The summed E-state index contributed by atoms with van der Waals surface area (Å²) in [7, 11) is -3.81. The van der Waals surface area contributed by atoms with Crippen LogP contribution < -0.4 is 18.9 Å². The highest BCUT2D eigenvalue weighted by Gasteiger charge is 2.30. The first-order valence-electron chi connectivity index (χ1n) is 11.4. The van der Waals surface area contributed by atoms with E-state index < -0.39 is 7.75 Å². The van der Waals surface area contributed by atoms with Gasteiger partial charge in [-0.05, 0) is 92.8 Å². The standard InChI is InChI=1S/C27H34NO4P/c1-6-7-8-19-30-25-17-15-24(16-18-25)28-33(29,31-26-13-9-11-20(2)22(26)4)32-27-14-10-12-21(3)23(27)5/h9-18H,6-8,19H2,1-5H3,(H,28,29). The van der Waals surface area contributed by atoms with Gasteiger partial charge in [0.2, 0.25) is 0 Å². The van der Waals surface area contributed by atoms with Crippen LogP contribution in [0.15, 0.2) is 60.7 Å². The Morgan fingerprint density at radius 2 is 1.30 bits per heavy atom. The number of anilines is 1. The Balaban J connectivity index is 1.84. The maximum absolute atomic E-state index is 14.0. The summed E-state index contributed by atoms with van der Waals surface area (Å²) in [5.74, 6) is 1.82. The number of benzene rings is 3. The monoisotopic (exact) mass is 467 g/mol. The maximum Gasteiger partial charge on any atom is 0.541 e. The van der Waals surface area contributed by atoms with Crippen molar-refractivity contribution in [3.63, 3.8) is 0 Å². The molecule has 0 aliphatic heterocycles. The fraction of sp³-hybridized carbons (Fsp3) is 0.333. The summed E-state index contributed by atoms with van der Waals surface area (Å²) in [5.41, 5.74) is 4.56. The SMILES string of the molecule is CCCCCOc1ccc(NP(=O)(Oc2cccc(C)c2C)Oc2cccc(C)c2C)cc1. The summed E-state index contributed by atoms with van der Waals surface area (Å²) in [6, 6.07) is 18.7. The average molecular weight is 468 g/mol. The Kier molecular flexibility index (Phi) is 8.46. The molecule has 1 N–H and O–H groups in total. The van der Waals surface area contributed by atoms with Crippen molar-refractivity contribution in [1.82, 2.24) is 0 Å². The Morgan fingerprint density at radius 1 is 0.758 bits per heavy atom. The molecule has 176 valence electrons. The van der Waals surface area contributed by atoms with Crippen molar-refractivity contribution in [2.45, 2.75) is 53.9 Å². The van der Waals surface area contributed by atoms with Crippen molar-refractivity contribution < 1.29 is 18.3 Å². The lowest BCUT2D eigenvalue weighted by molar-refractivity contribution is 0.306. The van der Waals surface area contributed by atoms with Crippen LogP contribution in [0.2, 0.25) is 0 Å². The van der Waals surface area contributed by atoms with Crippen LogP contribution >= 0.6 is 7.75 Å². The van der Waals surface area contributed by atoms with E-state index >= 15 is 0 Å². The number of rotatable bonds is 11. The number of hydrogen-bond acceptors (Lipinski definition) is 4. The highest BCUT2D eigenvalue weighted by molar-refractivity contribution is 7.56. The number of nitrogens with one attached hydrogen (secondary N) is 1. The second-order valence-corrected chi connectivity index (χ2v) is 9.85. The fourth-order valence-corrected chi connectivity index (χ4v) is 4.80. The molecule has 0 aliphatic carbocycles. The van der Waals surface area contributed by atoms with Crippen molar-refractivity contribution in [3.05, 3.63) is 82.9 Å². The summed E-state index contributed by atoms with van der Waals surface area (Å²) < 4.78 is 31.8. The van der Waals surface area contributed by atoms with E-state index in [0.29, 0.717) is 23.8 Å². The molecule has 6 heteroatoms. The third kappa shape index (κ3) is 6.79. The Labute approximate surface area is 197 Å². The molecule has 0 radical (unpaired) electrons. The summed E-state index contributed by atoms with van der Waals surface area (Å²) in [6.07, 6.45) is 3.33. The number of hydrogen-bond donors (Lipinski definition) is 1. The third-order valence-corrected chi connectivity index (χ3v) is 7.09. The van der Waals surface area contributed by atoms with Gasteiger partial charge in [-0.15, -0.1) is 0 Å². The van der Waals surface area contributed by atoms with E-state index in [2.05, 4.69) is 12.0 Å². The second kappa shape index (κ2) is 11.3. The smallest absolute Gasteiger partial charge is 0.494 e. The van der Waals surface area contributed by atoms with Gasteiger partial charge in [0.25, 0.3) is 0 Å². The lowest BCUT2D eigenvalue weighted by atomic mass is 10.1. The van der Waals surface area contributed by atoms with E-state index in [1.54, 1.807) is 12.1 Å². The Hall–Kier alpha value is -2.91. The van der Waals surface area contributed by atoms with Crippen molar-refractivity contribution >= 4 is 13.4 Å². The van der Waals surface area contributed by atoms with Gasteiger partial charge in [0.05, 0.1) is 6.61 Å². The van der Waals surface area contributed by atoms with Crippen molar-refractivity contribution in [2.75, 3.05) is 11.7 Å². The molecule has 3 rings (SSSR count). The molecular formula is C27H34NO4P. The minimum absolute atomic E-state index is 0.520. The molecule has 3 aromatic rings. The quantitative estimate of drug-likeness (QED) is 0.228. The molecule has 0 saturated carbocycles. The van der Waals surface area contributed by atoms with Gasteiger partial charge in [0.15, 0.2) is 0 Å². The van der Waals surface area contributed by atoms with Crippen LogP contribution in [0.1, 0.15) is 48.4 Å². The molecule has 0 amide bonds. The van der Waals surface area contributed by atoms with Gasteiger partial charge in [0.1, 0.15) is 17.2 Å². The number of unbranched alkanes of at least 4 members (excludes halogenated alkanes) is 2. The topological polar surface area (TPSA) is 56.8 Å². The fourth-order valence-electron chi connectivity index (χ4n) is 3.30. The predicted molar refractivity (Wildman–Crippen MR) is 136 cm³/mol. The van der Waals surface area contributed by atoms with Crippen LogP contribution in [0.3, 0.4) is 0 Å². The van der Waals surface area contributed by atoms with Crippen LogP contribution in [0, 0.1) is 27.7 Å². The van der Waals surface area contributed by atoms with E-state index in [4.69, 9.17) is 13.8 Å². The van der Waals surface area contributed by atoms with Crippen molar-refractivity contribution in [2.24, 2.45) is 0 Å². The van der Waals surface area contributed by atoms with Gasteiger partial charge in [-0.3, -0.25) is 5.09 Å². The summed E-state index contributed by atoms with van der Waals surface area (Å²) in [4.78, 5) is 0. The third-order valence-electron chi connectivity index (χ3n) is 5.68. The van der Waals surface area contributed by atoms with Crippen molar-refractivity contribution in [3.8, 4) is 17.2 Å². The zero-order valence-corrected chi connectivity index (χ0v) is 21.1. The molecule has 5 nitrogen and oxygen atoms in total. The van der Waals surface area contributed by atoms with E-state index in [1.165, 1.54) is 0 Å². The molecule has 0 bridgehead atoms. The summed E-state index contributed by atoms with van der Waals surface area (Å²) in [6.45, 7) is 10.7. The largest absolute Gasteiger partial charge is 0.541 e. The highest BCUT2D eigenvalue weighted by Crippen LogP contribution is 2.50. The molecule has 0 heterocycles. The van der Waals surface area contributed by atoms with Crippen LogP contribution in [0.25, 0.3) is 0 Å². The molecule has 0 atom stereocenters. The molecule has 0 saturated heterocycles. The van der Waals surface area contributed by atoms with Gasteiger partial charge in [0, 0.05) is 5.69 Å². The first-order chi connectivity index (χ1) is 15.8. The minimum Gasteiger partial charge on any atom is -0.494 e. The predicted octanol–water partition coefficient (Wildman–Crippen LogP) is 8.17. The average Bonchev–Trinajstić information content (AvgIpc) is 2.79. The lowest BCUT2D eigenvalue weighted by Crippen LogP contribution is -2.11. The van der Waals surface area contributed by atoms with E-state index in [9.17, 15) is 4.57 Å². The van der Waals surface area contributed by atoms with E-state index in [-0.39, 0.29) is 0 Å². The van der Waals surface area contributed by atoms with Gasteiger partial charge in [-0.1, -0.05) is 44.0 Å². The first kappa shape index (κ1) is 24.7. The summed E-state index contributed by atoms with van der Waals surface area (Å²) >= 11 is 0. The summed E-state index contributed by atoms with van der Waals surface area (Å²) in [5, 5.41) is 3.00. The first-order valence-corrected chi connectivity index (χ1v) is 13.0. The highest BCUT2D eigenvalue weighted by atomic mass is 31.2. The molecule has 0 fully saturated rings. The molecule has 0 aromatic heterocycles. The van der Waals surface area contributed by atoms with E-state index in [0.717, 1.165) is 47.3 Å². The molecule has 33 heavy (non-hydrogen) atoms.